The number of rotatable bonds is 3. The molecule has 0 saturated carbocycles. The quantitative estimate of drug-likeness (QED) is 0.584. The van der Waals surface area contributed by atoms with E-state index in [1.54, 1.807) is 30.0 Å². The summed E-state index contributed by atoms with van der Waals surface area (Å²) in [6.45, 7) is 2.35. The average Bonchev–Trinajstić information content (AvgIpc) is 3.09. The molecule has 1 amide bonds. The number of carbonyl (C=O) groups excluding carboxylic acids is 2. The maximum atomic E-state index is 12.9. The third kappa shape index (κ3) is 3.30. The molecule has 1 spiro atoms. The highest BCUT2D eigenvalue weighted by Crippen LogP contribution is 2.40. The number of carbonyl (C=O) groups is 2. The van der Waals surface area contributed by atoms with Crippen LogP contribution in [0.2, 0.25) is 0 Å². The minimum Gasteiger partial charge on any atom is -0.497 e. The number of nitrogens with zero attached hydrogens (tertiary/aromatic N) is 2. The molecule has 2 aliphatic heterocycles. The number of nitro groups is 1. The van der Waals surface area contributed by atoms with E-state index in [-0.39, 0.29) is 23.8 Å². The van der Waals surface area contributed by atoms with E-state index in [1.807, 2.05) is 0 Å². The molecule has 1 saturated heterocycles. The third-order valence-corrected chi connectivity index (χ3v) is 5.54. The summed E-state index contributed by atoms with van der Waals surface area (Å²) in [6.07, 6.45) is 0.734. The summed E-state index contributed by atoms with van der Waals surface area (Å²) in [4.78, 5) is 37.8. The summed E-state index contributed by atoms with van der Waals surface area (Å²) in [7, 11) is 1.54. The number of benzene rings is 2. The Morgan fingerprint density at radius 2 is 2.07 bits per heavy atom. The maximum Gasteiger partial charge on any atom is 0.272 e. The van der Waals surface area contributed by atoms with Gasteiger partial charge in [0.1, 0.15) is 17.1 Å². The lowest BCUT2D eigenvalue weighted by atomic mass is 9.89. The molecular formula is C21H20N2O6. The molecule has 2 aromatic carbocycles. The fourth-order valence-electron chi connectivity index (χ4n) is 4.02. The normalized spacial score (nSPS) is 20.3. The predicted molar refractivity (Wildman–Crippen MR) is 104 cm³/mol. The zero-order valence-electron chi connectivity index (χ0n) is 16.1. The molecule has 8 nitrogen and oxygen atoms in total. The van der Waals surface area contributed by atoms with Crippen LogP contribution in [0, 0.1) is 17.0 Å². The van der Waals surface area contributed by atoms with Gasteiger partial charge in [0.05, 0.1) is 30.6 Å². The van der Waals surface area contributed by atoms with E-state index in [0.717, 1.165) is 0 Å². The molecule has 0 radical (unpaired) electrons. The van der Waals surface area contributed by atoms with Gasteiger partial charge in [0.15, 0.2) is 5.78 Å². The number of aryl methyl sites for hydroxylation is 1. The van der Waals surface area contributed by atoms with Gasteiger partial charge in [0.2, 0.25) is 0 Å². The monoisotopic (exact) mass is 396 g/mol. The first-order chi connectivity index (χ1) is 13.8. The van der Waals surface area contributed by atoms with Crippen LogP contribution in [-0.4, -0.2) is 47.3 Å². The van der Waals surface area contributed by atoms with E-state index >= 15 is 0 Å². The molecule has 29 heavy (non-hydrogen) atoms. The van der Waals surface area contributed by atoms with Crippen LogP contribution in [0.5, 0.6) is 11.5 Å². The Hall–Kier alpha value is -3.42. The van der Waals surface area contributed by atoms with Gasteiger partial charge in [-0.25, -0.2) is 0 Å². The SMILES string of the molecule is COc1ccc2c(c1)C(=O)CC1(CCN(C(=O)c3ccc([N+](=O)[O-])c(C)c3)C1)O2. The number of likely N-dealkylation sites (tertiary alicyclic amines) is 1. The lowest BCUT2D eigenvalue weighted by molar-refractivity contribution is -0.385. The highest BCUT2D eigenvalue weighted by atomic mass is 16.6. The van der Waals surface area contributed by atoms with Crippen molar-refractivity contribution >= 4 is 17.4 Å². The minimum atomic E-state index is -0.746. The molecule has 1 fully saturated rings. The molecule has 2 heterocycles. The molecule has 0 bridgehead atoms. The molecule has 4 rings (SSSR count). The van der Waals surface area contributed by atoms with Crippen LogP contribution in [0.3, 0.4) is 0 Å². The average molecular weight is 396 g/mol. The second-order valence-corrected chi connectivity index (χ2v) is 7.48. The Labute approximate surface area is 167 Å². The number of ketones is 1. The first kappa shape index (κ1) is 18.9. The van der Waals surface area contributed by atoms with Crippen molar-refractivity contribution in [3.8, 4) is 11.5 Å². The van der Waals surface area contributed by atoms with E-state index in [2.05, 4.69) is 0 Å². The van der Waals surface area contributed by atoms with Crippen molar-refractivity contribution in [2.24, 2.45) is 0 Å². The number of hydrogen-bond acceptors (Lipinski definition) is 6. The van der Waals surface area contributed by atoms with Gasteiger partial charge in [-0.3, -0.25) is 19.7 Å². The lowest BCUT2D eigenvalue weighted by Crippen LogP contribution is -2.45. The smallest absolute Gasteiger partial charge is 0.272 e. The second-order valence-electron chi connectivity index (χ2n) is 7.48. The maximum absolute atomic E-state index is 12.9. The summed E-state index contributed by atoms with van der Waals surface area (Å²) < 4.78 is 11.4. The van der Waals surface area contributed by atoms with Gasteiger partial charge in [-0.2, -0.15) is 0 Å². The van der Waals surface area contributed by atoms with Crippen molar-refractivity contribution in [2.75, 3.05) is 20.2 Å². The van der Waals surface area contributed by atoms with Gasteiger partial charge >= 0.3 is 0 Å². The van der Waals surface area contributed by atoms with Crippen molar-refractivity contribution < 1.29 is 24.0 Å². The van der Waals surface area contributed by atoms with E-state index in [0.29, 0.717) is 47.7 Å². The van der Waals surface area contributed by atoms with Crippen molar-refractivity contribution in [2.45, 2.75) is 25.4 Å². The van der Waals surface area contributed by atoms with E-state index < -0.39 is 10.5 Å². The Balaban J connectivity index is 1.54. The molecule has 1 atom stereocenters. The molecule has 8 heteroatoms. The van der Waals surface area contributed by atoms with Crippen LogP contribution in [-0.2, 0) is 0 Å². The van der Waals surface area contributed by atoms with E-state index in [9.17, 15) is 19.7 Å². The number of fused-ring (bicyclic) bond motifs is 1. The molecule has 2 aliphatic rings. The minimum absolute atomic E-state index is 0.0207. The van der Waals surface area contributed by atoms with Gasteiger partial charge in [-0.1, -0.05) is 0 Å². The number of ether oxygens (including phenoxy) is 2. The van der Waals surface area contributed by atoms with Crippen LogP contribution in [0.4, 0.5) is 5.69 Å². The highest BCUT2D eigenvalue weighted by Gasteiger charge is 2.47. The van der Waals surface area contributed by atoms with Crippen LogP contribution >= 0.6 is 0 Å². The molecule has 0 aromatic heterocycles. The summed E-state index contributed by atoms with van der Waals surface area (Å²) >= 11 is 0. The van der Waals surface area contributed by atoms with Crippen molar-refractivity contribution in [1.82, 2.24) is 4.90 Å². The zero-order valence-corrected chi connectivity index (χ0v) is 16.1. The van der Waals surface area contributed by atoms with Crippen LogP contribution in [0.15, 0.2) is 36.4 Å². The predicted octanol–water partition coefficient (Wildman–Crippen LogP) is 3.16. The summed E-state index contributed by atoms with van der Waals surface area (Å²) in [5.41, 5.74) is 0.544. The number of hydrogen-bond donors (Lipinski definition) is 0. The molecule has 0 aliphatic carbocycles. The van der Waals surface area contributed by atoms with Crippen LogP contribution in [0.1, 0.15) is 39.1 Å². The van der Waals surface area contributed by atoms with Crippen LogP contribution in [0.25, 0.3) is 0 Å². The topological polar surface area (TPSA) is 99.0 Å². The van der Waals surface area contributed by atoms with Gasteiger partial charge in [-0.05, 0) is 37.3 Å². The van der Waals surface area contributed by atoms with Gasteiger partial charge in [0, 0.05) is 30.2 Å². The summed E-state index contributed by atoms with van der Waals surface area (Å²) in [5.74, 6) is 0.832. The summed E-state index contributed by atoms with van der Waals surface area (Å²) in [6, 6.07) is 9.47. The van der Waals surface area contributed by atoms with Crippen molar-refractivity contribution in [3.05, 3.63) is 63.2 Å². The molecule has 2 aromatic rings. The number of Topliss-reactive ketones (excluding diaryl/α,β-unsaturated/α-hetero) is 1. The van der Waals surface area contributed by atoms with E-state index in [1.165, 1.54) is 25.3 Å². The second kappa shape index (κ2) is 6.88. The lowest BCUT2D eigenvalue weighted by Gasteiger charge is -2.34. The standard InChI is InChI=1S/C21H20N2O6/c1-13-9-14(3-5-17(13)23(26)27)20(25)22-8-7-21(12-22)11-18(24)16-10-15(28-2)4-6-19(16)29-21/h3-6,9-10H,7-8,11-12H2,1-2H3. The largest absolute Gasteiger partial charge is 0.497 e. The first-order valence-corrected chi connectivity index (χ1v) is 9.26. The van der Waals surface area contributed by atoms with E-state index in [4.69, 9.17) is 9.47 Å². The van der Waals surface area contributed by atoms with Crippen molar-refractivity contribution in [1.29, 1.82) is 0 Å². The number of nitro benzene ring substituents is 1. The zero-order chi connectivity index (χ0) is 20.8. The van der Waals surface area contributed by atoms with Gasteiger partial charge < -0.3 is 14.4 Å². The summed E-state index contributed by atoms with van der Waals surface area (Å²) in [5, 5.41) is 11.0. The first-order valence-electron chi connectivity index (χ1n) is 9.26. The Bertz CT molecular complexity index is 1030. The van der Waals surface area contributed by atoms with Crippen molar-refractivity contribution in [3.63, 3.8) is 0 Å². The Kier molecular flexibility index (Phi) is 4.49. The van der Waals surface area contributed by atoms with Crippen LogP contribution < -0.4 is 9.47 Å². The Morgan fingerprint density at radius 1 is 1.28 bits per heavy atom. The Morgan fingerprint density at radius 3 is 2.76 bits per heavy atom. The molecule has 0 N–H and O–H groups in total. The molecule has 150 valence electrons. The highest BCUT2D eigenvalue weighted by molar-refractivity contribution is 6.01. The number of amides is 1. The third-order valence-electron chi connectivity index (χ3n) is 5.54. The molecule has 1 unspecified atom stereocenters. The fourth-order valence-corrected chi connectivity index (χ4v) is 4.02. The number of methoxy groups -OCH3 is 1. The molecular weight excluding hydrogens is 376 g/mol. The fraction of sp³-hybridized carbons (Fsp3) is 0.333. The van der Waals surface area contributed by atoms with Gasteiger partial charge in [0.25, 0.3) is 11.6 Å². The van der Waals surface area contributed by atoms with Gasteiger partial charge in [-0.15, -0.1) is 0 Å².